The fraction of sp³-hybridized carbons (Fsp3) is 0.222. The summed E-state index contributed by atoms with van der Waals surface area (Å²) < 4.78 is 0. The molecule has 19 heavy (non-hydrogen) atoms. The van der Waals surface area contributed by atoms with E-state index in [0.717, 1.165) is 11.1 Å². The van der Waals surface area contributed by atoms with Crippen LogP contribution in [-0.2, 0) is 0 Å². The minimum atomic E-state index is -0.453. The molecule has 96 valence electrons. The van der Waals surface area contributed by atoms with Crippen molar-refractivity contribution in [1.29, 1.82) is 0 Å². The zero-order valence-corrected chi connectivity index (χ0v) is 11.1. The summed E-state index contributed by atoms with van der Waals surface area (Å²) in [6, 6.07) is 19.7. The van der Waals surface area contributed by atoms with Gasteiger partial charge in [-0.25, -0.2) is 0 Å². The topological polar surface area (TPSA) is 20.2 Å². The van der Waals surface area contributed by atoms with Crippen molar-refractivity contribution in [2.24, 2.45) is 5.92 Å². The molecule has 0 amide bonds. The average Bonchev–Trinajstić information content (AvgIpc) is 2.48. The van der Waals surface area contributed by atoms with Crippen molar-refractivity contribution in [2.75, 3.05) is 0 Å². The minimum absolute atomic E-state index is 0.124. The monoisotopic (exact) mass is 250 g/mol. The third-order valence-electron chi connectivity index (χ3n) is 3.11. The van der Waals surface area contributed by atoms with E-state index in [9.17, 15) is 5.11 Å². The molecule has 2 unspecified atom stereocenters. The van der Waals surface area contributed by atoms with Gasteiger partial charge in [-0.2, -0.15) is 0 Å². The van der Waals surface area contributed by atoms with Gasteiger partial charge in [0.2, 0.25) is 0 Å². The molecule has 2 aromatic rings. The van der Waals surface area contributed by atoms with Crippen molar-refractivity contribution in [1.82, 2.24) is 0 Å². The van der Waals surface area contributed by atoms with Crippen LogP contribution in [0.3, 0.4) is 0 Å². The summed E-state index contributed by atoms with van der Waals surface area (Å²) in [6.45, 7) is 2.03. The van der Waals surface area contributed by atoms with E-state index in [4.69, 9.17) is 0 Å². The Morgan fingerprint density at radius 1 is 0.947 bits per heavy atom. The summed E-state index contributed by atoms with van der Waals surface area (Å²) in [4.78, 5) is 0. The summed E-state index contributed by atoms with van der Waals surface area (Å²) in [6.07, 6.45) is 0.233. The second-order valence-corrected chi connectivity index (χ2v) is 4.70. The number of aliphatic hydroxyl groups excluding tert-OH is 1. The predicted molar refractivity (Wildman–Crippen MR) is 78.5 cm³/mol. The number of aliphatic hydroxyl groups is 1. The first-order chi connectivity index (χ1) is 9.27. The second kappa shape index (κ2) is 6.78. The molecule has 0 radical (unpaired) electrons. The van der Waals surface area contributed by atoms with Gasteiger partial charge in [0.1, 0.15) is 0 Å². The molecular weight excluding hydrogens is 232 g/mol. The molecule has 1 heteroatoms. The molecule has 0 spiro atoms. The number of rotatable bonds is 3. The van der Waals surface area contributed by atoms with Crippen LogP contribution in [-0.4, -0.2) is 5.11 Å². The van der Waals surface area contributed by atoms with E-state index in [1.165, 1.54) is 0 Å². The van der Waals surface area contributed by atoms with Crippen LogP contribution in [0.4, 0.5) is 0 Å². The zero-order valence-electron chi connectivity index (χ0n) is 11.1. The van der Waals surface area contributed by atoms with Gasteiger partial charge < -0.3 is 5.11 Å². The second-order valence-electron chi connectivity index (χ2n) is 4.70. The Kier molecular flexibility index (Phi) is 4.78. The lowest BCUT2D eigenvalue weighted by atomic mass is 9.95. The highest BCUT2D eigenvalue weighted by molar-refractivity contribution is 5.33. The summed E-state index contributed by atoms with van der Waals surface area (Å²) in [5.41, 5.74) is 1.97. The molecule has 0 saturated carbocycles. The summed E-state index contributed by atoms with van der Waals surface area (Å²) in [5.74, 6) is 6.39. The molecule has 0 fully saturated rings. The number of hydrogen-bond acceptors (Lipinski definition) is 1. The molecule has 2 rings (SSSR count). The molecule has 1 nitrogen and oxygen atoms in total. The summed E-state index contributed by atoms with van der Waals surface area (Å²) in [5, 5.41) is 10.2. The van der Waals surface area contributed by atoms with Crippen molar-refractivity contribution in [3.63, 3.8) is 0 Å². The van der Waals surface area contributed by atoms with Crippen molar-refractivity contribution in [2.45, 2.75) is 19.4 Å². The van der Waals surface area contributed by atoms with E-state index in [1.807, 2.05) is 67.6 Å². The van der Waals surface area contributed by atoms with Gasteiger partial charge in [-0.1, -0.05) is 67.3 Å². The van der Waals surface area contributed by atoms with E-state index in [-0.39, 0.29) is 5.92 Å². The van der Waals surface area contributed by atoms with Crippen LogP contribution in [0.15, 0.2) is 60.7 Å². The van der Waals surface area contributed by atoms with Crippen LogP contribution in [0.25, 0.3) is 0 Å². The van der Waals surface area contributed by atoms with Crippen molar-refractivity contribution in [3.8, 4) is 11.8 Å². The van der Waals surface area contributed by atoms with Gasteiger partial charge in [-0.3, -0.25) is 0 Å². The molecule has 0 bridgehead atoms. The van der Waals surface area contributed by atoms with Gasteiger partial charge in [0.15, 0.2) is 0 Å². The van der Waals surface area contributed by atoms with E-state index in [0.29, 0.717) is 6.42 Å². The van der Waals surface area contributed by atoms with Crippen LogP contribution in [0.2, 0.25) is 0 Å². The average molecular weight is 250 g/mol. The Morgan fingerprint density at radius 2 is 1.53 bits per heavy atom. The minimum Gasteiger partial charge on any atom is -0.388 e. The van der Waals surface area contributed by atoms with Crippen LogP contribution in [0.5, 0.6) is 0 Å². The first-order valence-corrected chi connectivity index (χ1v) is 6.54. The Balaban J connectivity index is 1.95. The van der Waals surface area contributed by atoms with Gasteiger partial charge in [-0.05, 0) is 23.6 Å². The first kappa shape index (κ1) is 13.4. The Labute approximate surface area is 114 Å². The normalized spacial score (nSPS) is 13.2. The standard InChI is InChI=1S/C18H18O/c1-15(18(19)17-13-6-3-7-14-17)9-8-12-16-10-4-2-5-11-16/h2-7,10-11,13-15,18-19H,9H2,1H3. The maximum Gasteiger partial charge on any atom is 0.0824 e. The lowest BCUT2D eigenvalue weighted by molar-refractivity contribution is 0.120. The van der Waals surface area contributed by atoms with Gasteiger partial charge in [0, 0.05) is 12.0 Å². The molecule has 0 heterocycles. The highest BCUT2D eigenvalue weighted by atomic mass is 16.3. The van der Waals surface area contributed by atoms with Crippen LogP contribution >= 0.6 is 0 Å². The third kappa shape index (κ3) is 3.98. The summed E-state index contributed by atoms with van der Waals surface area (Å²) in [7, 11) is 0. The lowest BCUT2D eigenvalue weighted by Gasteiger charge is -2.16. The molecule has 0 aliphatic rings. The molecular formula is C18H18O. The maximum atomic E-state index is 10.2. The number of benzene rings is 2. The smallest absolute Gasteiger partial charge is 0.0824 e. The zero-order chi connectivity index (χ0) is 13.5. The molecule has 0 aliphatic heterocycles. The SMILES string of the molecule is CC(CC#Cc1ccccc1)C(O)c1ccccc1. The Hall–Kier alpha value is -2.04. The highest BCUT2D eigenvalue weighted by Crippen LogP contribution is 2.23. The predicted octanol–water partition coefficient (Wildman–Crippen LogP) is 3.80. The maximum absolute atomic E-state index is 10.2. The Bertz CT molecular complexity index is 548. The first-order valence-electron chi connectivity index (χ1n) is 6.54. The largest absolute Gasteiger partial charge is 0.388 e. The van der Waals surface area contributed by atoms with Crippen molar-refractivity contribution in [3.05, 3.63) is 71.8 Å². The van der Waals surface area contributed by atoms with E-state index in [1.54, 1.807) is 0 Å². The quantitative estimate of drug-likeness (QED) is 0.822. The van der Waals surface area contributed by atoms with Crippen LogP contribution < -0.4 is 0 Å². The van der Waals surface area contributed by atoms with Gasteiger partial charge in [0.05, 0.1) is 6.10 Å². The van der Waals surface area contributed by atoms with Crippen LogP contribution in [0.1, 0.15) is 30.6 Å². The molecule has 0 saturated heterocycles. The van der Waals surface area contributed by atoms with Crippen LogP contribution in [0, 0.1) is 17.8 Å². The highest BCUT2D eigenvalue weighted by Gasteiger charge is 2.14. The van der Waals surface area contributed by atoms with Crippen molar-refractivity contribution < 1.29 is 5.11 Å². The van der Waals surface area contributed by atoms with E-state index >= 15 is 0 Å². The molecule has 2 aromatic carbocycles. The van der Waals surface area contributed by atoms with Crippen molar-refractivity contribution >= 4 is 0 Å². The lowest BCUT2D eigenvalue weighted by Crippen LogP contribution is -2.08. The van der Waals surface area contributed by atoms with E-state index < -0.39 is 6.10 Å². The van der Waals surface area contributed by atoms with Gasteiger partial charge in [-0.15, -0.1) is 0 Å². The van der Waals surface area contributed by atoms with Gasteiger partial charge >= 0.3 is 0 Å². The Morgan fingerprint density at radius 3 is 2.16 bits per heavy atom. The fourth-order valence-corrected chi connectivity index (χ4v) is 1.93. The summed E-state index contributed by atoms with van der Waals surface area (Å²) >= 11 is 0. The van der Waals surface area contributed by atoms with E-state index in [2.05, 4.69) is 11.8 Å². The molecule has 2 atom stereocenters. The third-order valence-corrected chi connectivity index (χ3v) is 3.11. The molecule has 0 aromatic heterocycles. The van der Waals surface area contributed by atoms with Gasteiger partial charge in [0.25, 0.3) is 0 Å². The molecule has 1 N–H and O–H groups in total. The fourth-order valence-electron chi connectivity index (χ4n) is 1.93. The number of hydrogen-bond donors (Lipinski definition) is 1. The molecule has 0 aliphatic carbocycles.